The van der Waals surface area contributed by atoms with Gasteiger partial charge >= 0.3 is 6.09 Å². The molecular formula is C18H28N2O2. The number of carbonyl (C=O) groups is 1. The van der Waals surface area contributed by atoms with E-state index in [1.165, 1.54) is 16.7 Å². The summed E-state index contributed by atoms with van der Waals surface area (Å²) < 4.78 is 5.43. The highest BCUT2D eigenvalue weighted by Gasteiger charge is 2.25. The van der Waals surface area contributed by atoms with E-state index in [1.807, 2.05) is 25.7 Å². The smallest absolute Gasteiger partial charge is 0.410 e. The lowest BCUT2D eigenvalue weighted by molar-refractivity contribution is 0.0139. The molecule has 0 aromatic heterocycles. The van der Waals surface area contributed by atoms with Gasteiger partial charge in [0.1, 0.15) is 5.60 Å². The Morgan fingerprint density at radius 2 is 1.77 bits per heavy atom. The lowest BCUT2D eigenvalue weighted by Gasteiger charge is -2.35. The van der Waals surface area contributed by atoms with Crippen LogP contribution < -0.4 is 0 Å². The van der Waals surface area contributed by atoms with Gasteiger partial charge < -0.3 is 9.64 Å². The van der Waals surface area contributed by atoms with Gasteiger partial charge in [0, 0.05) is 32.7 Å². The van der Waals surface area contributed by atoms with Gasteiger partial charge in [-0.3, -0.25) is 4.90 Å². The zero-order valence-corrected chi connectivity index (χ0v) is 14.5. The third-order valence-corrected chi connectivity index (χ3v) is 3.92. The van der Waals surface area contributed by atoms with E-state index in [0.717, 1.165) is 32.7 Å². The lowest BCUT2D eigenvalue weighted by atomic mass is 10.0. The monoisotopic (exact) mass is 304 g/mol. The van der Waals surface area contributed by atoms with Crippen LogP contribution in [0, 0.1) is 13.8 Å². The fraction of sp³-hybridized carbons (Fsp3) is 0.611. The number of hydrogen-bond acceptors (Lipinski definition) is 3. The number of piperazine rings is 1. The predicted octanol–water partition coefficient (Wildman–Crippen LogP) is 3.36. The van der Waals surface area contributed by atoms with Crippen molar-refractivity contribution in [2.75, 3.05) is 26.2 Å². The molecule has 0 radical (unpaired) electrons. The summed E-state index contributed by atoms with van der Waals surface area (Å²) in [5, 5.41) is 0. The maximum Gasteiger partial charge on any atom is 0.410 e. The van der Waals surface area contributed by atoms with Crippen LogP contribution >= 0.6 is 0 Å². The molecule has 1 aliphatic rings. The van der Waals surface area contributed by atoms with Crippen LogP contribution in [0.4, 0.5) is 4.79 Å². The highest BCUT2D eigenvalue weighted by atomic mass is 16.6. The molecule has 0 spiro atoms. The minimum Gasteiger partial charge on any atom is -0.444 e. The Bertz CT molecular complexity index is 526. The van der Waals surface area contributed by atoms with E-state index in [2.05, 4.69) is 36.9 Å². The molecule has 1 heterocycles. The molecule has 1 saturated heterocycles. The topological polar surface area (TPSA) is 32.8 Å². The molecule has 1 amide bonds. The number of carbonyl (C=O) groups excluding carboxylic acids is 1. The van der Waals surface area contributed by atoms with Gasteiger partial charge in [0.15, 0.2) is 0 Å². The fourth-order valence-corrected chi connectivity index (χ4v) is 2.63. The van der Waals surface area contributed by atoms with Crippen LogP contribution in [0.5, 0.6) is 0 Å². The SMILES string of the molecule is Cc1ccc(C)c(CN2CCN(C(=O)OC(C)(C)C)CC2)c1. The molecule has 122 valence electrons. The highest BCUT2D eigenvalue weighted by molar-refractivity contribution is 5.68. The first kappa shape index (κ1) is 16.8. The number of nitrogens with zero attached hydrogens (tertiary/aromatic N) is 2. The Kier molecular flexibility index (Phi) is 5.12. The van der Waals surface area contributed by atoms with Gasteiger partial charge in [0.2, 0.25) is 0 Å². The molecule has 0 bridgehead atoms. The van der Waals surface area contributed by atoms with E-state index in [-0.39, 0.29) is 6.09 Å². The van der Waals surface area contributed by atoms with Gasteiger partial charge in [-0.1, -0.05) is 23.8 Å². The third kappa shape index (κ3) is 4.73. The Morgan fingerprint density at radius 1 is 1.14 bits per heavy atom. The van der Waals surface area contributed by atoms with Gasteiger partial charge in [-0.15, -0.1) is 0 Å². The molecular weight excluding hydrogens is 276 g/mol. The van der Waals surface area contributed by atoms with Crippen LogP contribution in [0.3, 0.4) is 0 Å². The van der Waals surface area contributed by atoms with Gasteiger partial charge in [-0.05, 0) is 45.7 Å². The summed E-state index contributed by atoms with van der Waals surface area (Å²) in [5.41, 5.74) is 3.59. The van der Waals surface area contributed by atoms with E-state index < -0.39 is 5.60 Å². The Morgan fingerprint density at radius 3 is 2.36 bits per heavy atom. The molecule has 0 saturated carbocycles. The van der Waals surface area contributed by atoms with Gasteiger partial charge in [-0.2, -0.15) is 0 Å². The molecule has 1 fully saturated rings. The Balaban J connectivity index is 1.87. The summed E-state index contributed by atoms with van der Waals surface area (Å²) in [5.74, 6) is 0. The second-order valence-corrected chi connectivity index (χ2v) is 7.17. The van der Waals surface area contributed by atoms with Crippen LogP contribution in [0.15, 0.2) is 18.2 Å². The van der Waals surface area contributed by atoms with Crippen molar-refractivity contribution in [3.05, 3.63) is 34.9 Å². The van der Waals surface area contributed by atoms with Crippen molar-refractivity contribution in [3.8, 4) is 0 Å². The standard InChI is InChI=1S/C18H28N2O2/c1-14-6-7-15(2)16(12-14)13-19-8-10-20(11-9-19)17(21)22-18(3,4)5/h6-7,12H,8-11,13H2,1-5H3. The van der Waals surface area contributed by atoms with Crippen molar-refractivity contribution >= 4 is 6.09 Å². The molecule has 1 aliphatic heterocycles. The molecule has 0 aliphatic carbocycles. The zero-order chi connectivity index (χ0) is 16.3. The van der Waals surface area contributed by atoms with Crippen LogP contribution in [0.2, 0.25) is 0 Å². The lowest BCUT2D eigenvalue weighted by Crippen LogP contribution is -2.49. The number of ether oxygens (including phenoxy) is 1. The van der Waals surface area contributed by atoms with E-state index in [4.69, 9.17) is 4.74 Å². The molecule has 2 rings (SSSR count). The van der Waals surface area contributed by atoms with Crippen molar-refractivity contribution in [1.82, 2.24) is 9.80 Å². The quantitative estimate of drug-likeness (QED) is 0.840. The summed E-state index contributed by atoms with van der Waals surface area (Å²) in [6, 6.07) is 6.59. The molecule has 1 aromatic carbocycles. The van der Waals surface area contributed by atoms with Crippen molar-refractivity contribution < 1.29 is 9.53 Å². The van der Waals surface area contributed by atoms with Crippen molar-refractivity contribution in [2.24, 2.45) is 0 Å². The summed E-state index contributed by atoms with van der Waals surface area (Å²) in [7, 11) is 0. The first-order chi connectivity index (χ1) is 10.2. The van der Waals surface area contributed by atoms with Crippen molar-refractivity contribution in [3.63, 3.8) is 0 Å². The van der Waals surface area contributed by atoms with Crippen molar-refractivity contribution in [1.29, 1.82) is 0 Å². The molecule has 0 unspecified atom stereocenters. The highest BCUT2D eigenvalue weighted by Crippen LogP contribution is 2.16. The second-order valence-electron chi connectivity index (χ2n) is 7.17. The number of amides is 1. The zero-order valence-electron chi connectivity index (χ0n) is 14.5. The average molecular weight is 304 g/mol. The first-order valence-corrected chi connectivity index (χ1v) is 8.01. The molecule has 1 aromatic rings. The van der Waals surface area contributed by atoms with Gasteiger partial charge in [0.05, 0.1) is 0 Å². The number of benzene rings is 1. The van der Waals surface area contributed by atoms with E-state index in [9.17, 15) is 4.79 Å². The summed E-state index contributed by atoms with van der Waals surface area (Å²) in [6.45, 7) is 14.2. The third-order valence-electron chi connectivity index (χ3n) is 3.92. The van der Waals surface area contributed by atoms with Gasteiger partial charge in [-0.25, -0.2) is 4.79 Å². The van der Waals surface area contributed by atoms with E-state index in [1.54, 1.807) is 0 Å². The number of rotatable bonds is 2. The van der Waals surface area contributed by atoms with Crippen LogP contribution in [-0.4, -0.2) is 47.7 Å². The van der Waals surface area contributed by atoms with E-state index >= 15 is 0 Å². The Hall–Kier alpha value is -1.55. The second kappa shape index (κ2) is 6.69. The van der Waals surface area contributed by atoms with Crippen LogP contribution in [-0.2, 0) is 11.3 Å². The summed E-state index contributed by atoms with van der Waals surface area (Å²) >= 11 is 0. The number of hydrogen-bond donors (Lipinski definition) is 0. The average Bonchev–Trinajstić information content (AvgIpc) is 2.42. The molecule has 22 heavy (non-hydrogen) atoms. The minimum absolute atomic E-state index is 0.195. The van der Waals surface area contributed by atoms with Crippen LogP contribution in [0.25, 0.3) is 0 Å². The minimum atomic E-state index is -0.424. The molecule has 4 nitrogen and oxygen atoms in total. The Labute approximate surface area is 134 Å². The van der Waals surface area contributed by atoms with Crippen LogP contribution in [0.1, 0.15) is 37.5 Å². The normalized spacial score (nSPS) is 16.7. The molecule has 0 N–H and O–H groups in total. The summed E-state index contributed by atoms with van der Waals surface area (Å²) in [6.07, 6.45) is -0.195. The fourth-order valence-electron chi connectivity index (χ4n) is 2.63. The number of aryl methyl sites for hydroxylation is 2. The predicted molar refractivity (Wildman–Crippen MR) is 89.0 cm³/mol. The maximum atomic E-state index is 12.1. The molecule has 4 heteroatoms. The molecule has 0 atom stereocenters. The van der Waals surface area contributed by atoms with Crippen molar-refractivity contribution in [2.45, 2.75) is 46.8 Å². The maximum absolute atomic E-state index is 12.1. The largest absolute Gasteiger partial charge is 0.444 e. The first-order valence-electron chi connectivity index (χ1n) is 8.01. The van der Waals surface area contributed by atoms with E-state index in [0.29, 0.717) is 0 Å². The summed E-state index contributed by atoms with van der Waals surface area (Å²) in [4.78, 5) is 16.3. The van der Waals surface area contributed by atoms with Gasteiger partial charge in [0.25, 0.3) is 0 Å².